The number of halogens is 1. The fourth-order valence-corrected chi connectivity index (χ4v) is 2.47. The molecule has 2 saturated heterocycles. The molecule has 0 aromatic carbocycles. The molecule has 0 radical (unpaired) electrons. The van der Waals surface area contributed by atoms with Crippen molar-refractivity contribution in [2.24, 2.45) is 0 Å². The molecular formula is C11H20ClNO2. The Labute approximate surface area is 96.7 Å². The standard InChI is InChI=1S/C11H20ClNO2/c12-7-11-9-13(4-6-15-11)8-10-3-1-2-5-14-10/h10-11H,1-9H2. The van der Waals surface area contributed by atoms with Gasteiger partial charge in [0.05, 0.1) is 18.8 Å². The Morgan fingerprint density at radius 3 is 2.73 bits per heavy atom. The molecule has 2 heterocycles. The molecule has 0 aliphatic carbocycles. The first kappa shape index (κ1) is 11.6. The summed E-state index contributed by atoms with van der Waals surface area (Å²) in [6, 6.07) is 0. The molecule has 4 heteroatoms. The van der Waals surface area contributed by atoms with E-state index in [2.05, 4.69) is 4.90 Å². The van der Waals surface area contributed by atoms with Crippen LogP contribution in [0.25, 0.3) is 0 Å². The van der Waals surface area contributed by atoms with Crippen LogP contribution in [0.4, 0.5) is 0 Å². The van der Waals surface area contributed by atoms with Crippen molar-refractivity contribution in [2.75, 3.05) is 38.7 Å². The summed E-state index contributed by atoms with van der Waals surface area (Å²) in [6.07, 6.45) is 4.40. The Morgan fingerprint density at radius 1 is 1.13 bits per heavy atom. The Balaban J connectivity index is 1.72. The molecule has 2 atom stereocenters. The first-order valence-corrected chi connectivity index (χ1v) is 6.43. The van der Waals surface area contributed by atoms with Gasteiger partial charge in [-0.15, -0.1) is 11.6 Å². The molecule has 88 valence electrons. The average molecular weight is 234 g/mol. The second-order valence-corrected chi connectivity index (χ2v) is 4.70. The molecule has 0 N–H and O–H groups in total. The summed E-state index contributed by atoms with van der Waals surface area (Å²) in [7, 11) is 0. The molecule has 0 bridgehead atoms. The van der Waals surface area contributed by atoms with Crippen LogP contribution in [0.1, 0.15) is 19.3 Å². The predicted octanol–water partition coefficient (Wildman–Crippen LogP) is 1.50. The summed E-state index contributed by atoms with van der Waals surface area (Å²) in [5.74, 6) is 0.599. The highest BCUT2D eigenvalue weighted by Gasteiger charge is 2.23. The van der Waals surface area contributed by atoms with Gasteiger partial charge >= 0.3 is 0 Å². The van der Waals surface area contributed by atoms with Crippen LogP contribution in [0.2, 0.25) is 0 Å². The first-order valence-electron chi connectivity index (χ1n) is 5.90. The van der Waals surface area contributed by atoms with E-state index < -0.39 is 0 Å². The Bertz CT molecular complexity index is 185. The van der Waals surface area contributed by atoms with Crippen LogP contribution < -0.4 is 0 Å². The van der Waals surface area contributed by atoms with E-state index in [1.807, 2.05) is 0 Å². The second-order valence-electron chi connectivity index (χ2n) is 4.40. The highest BCUT2D eigenvalue weighted by molar-refractivity contribution is 6.18. The van der Waals surface area contributed by atoms with E-state index in [0.29, 0.717) is 12.0 Å². The zero-order valence-electron chi connectivity index (χ0n) is 9.16. The molecule has 0 saturated carbocycles. The van der Waals surface area contributed by atoms with Gasteiger partial charge in [0.1, 0.15) is 0 Å². The maximum Gasteiger partial charge on any atom is 0.0837 e. The number of morpholine rings is 1. The van der Waals surface area contributed by atoms with E-state index in [1.165, 1.54) is 19.3 Å². The third-order valence-corrected chi connectivity index (χ3v) is 3.48. The summed E-state index contributed by atoms with van der Waals surface area (Å²) in [5.41, 5.74) is 0. The van der Waals surface area contributed by atoms with Crippen molar-refractivity contribution in [3.05, 3.63) is 0 Å². The van der Waals surface area contributed by atoms with Crippen LogP contribution in [0.15, 0.2) is 0 Å². The lowest BCUT2D eigenvalue weighted by atomic mass is 10.1. The van der Waals surface area contributed by atoms with E-state index in [0.717, 1.165) is 32.8 Å². The third-order valence-electron chi connectivity index (χ3n) is 3.13. The van der Waals surface area contributed by atoms with Crippen LogP contribution >= 0.6 is 11.6 Å². The molecular weight excluding hydrogens is 214 g/mol. The molecule has 2 unspecified atom stereocenters. The number of hydrogen-bond donors (Lipinski definition) is 0. The summed E-state index contributed by atoms with van der Waals surface area (Å²) >= 11 is 5.81. The van der Waals surface area contributed by atoms with Gasteiger partial charge in [-0.05, 0) is 19.3 Å². The molecule has 0 amide bonds. The summed E-state index contributed by atoms with van der Waals surface area (Å²) in [5, 5.41) is 0. The van der Waals surface area contributed by atoms with Gasteiger partial charge in [0.15, 0.2) is 0 Å². The Hall–Kier alpha value is 0.170. The molecule has 2 aliphatic heterocycles. The Morgan fingerprint density at radius 2 is 2.00 bits per heavy atom. The zero-order valence-corrected chi connectivity index (χ0v) is 9.92. The lowest BCUT2D eigenvalue weighted by Gasteiger charge is -2.35. The van der Waals surface area contributed by atoms with Gasteiger partial charge in [0, 0.05) is 32.1 Å². The van der Waals surface area contributed by atoms with Crippen LogP contribution in [0.5, 0.6) is 0 Å². The van der Waals surface area contributed by atoms with Gasteiger partial charge in [-0.3, -0.25) is 4.90 Å². The lowest BCUT2D eigenvalue weighted by molar-refractivity contribution is -0.0530. The monoisotopic (exact) mass is 233 g/mol. The van der Waals surface area contributed by atoms with E-state index in [9.17, 15) is 0 Å². The summed E-state index contributed by atoms with van der Waals surface area (Å²) in [6.45, 7) is 4.78. The molecule has 0 spiro atoms. The number of nitrogens with zero attached hydrogens (tertiary/aromatic N) is 1. The quantitative estimate of drug-likeness (QED) is 0.690. The van der Waals surface area contributed by atoms with Gasteiger partial charge in [-0.1, -0.05) is 0 Å². The van der Waals surface area contributed by atoms with Gasteiger partial charge in [-0.25, -0.2) is 0 Å². The van der Waals surface area contributed by atoms with Crippen molar-refractivity contribution in [1.29, 1.82) is 0 Å². The largest absolute Gasteiger partial charge is 0.377 e. The maximum absolute atomic E-state index is 5.81. The molecule has 0 aromatic rings. The SMILES string of the molecule is ClCC1CN(CC2CCCCO2)CCO1. The van der Waals surface area contributed by atoms with Crippen molar-refractivity contribution in [3.63, 3.8) is 0 Å². The van der Waals surface area contributed by atoms with Gasteiger partial charge < -0.3 is 9.47 Å². The minimum Gasteiger partial charge on any atom is -0.377 e. The van der Waals surface area contributed by atoms with Crippen molar-refractivity contribution in [2.45, 2.75) is 31.5 Å². The van der Waals surface area contributed by atoms with Gasteiger partial charge in [-0.2, -0.15) is 0 Å². The molecule has 15 heavy (non-hydrogen) atoms. The molecule has 3 nitrogen and oxygen atoms in total. The van der Waals surface area contributed by atoms with Crippen LogP contribution in [0, 0.1) is 0 Å². The van der Waals surface area contributed by atoms with Crippen LogP contribution in [0.3, 0.4) is 0 Å². The molecule has 2 fully saturated rings. The number of rotatable bonds is 3. The maximum atomic E-state index is 5.81. The molecule has 2 rings (SSSR count). The molecule has 2 aliphatic rings. The van der Waals surface area contributed by atoms with Crippen molar-refractivity contribution >= 4 is 11.6 Å². The lowest BCUT2D eigenvalue weighted by Crippen LogP contribution is -2.47. The fraction of sp³-hybridized carbons (Fsp3) is 1.00. The summed E-state index contributed by atoms with van der Waals surface area (Å²) < 4.78 is 11.3. The van der Waals surface area contributed by atoms with E-state index >= 15 is 0 Å². The van der Waals surface area contributed by atoms with Crippen molar-refractivity contribution in [3.8, 4) is 0 Å². The smallest absolute Gasteiger partial charge is 0.0837 e. The van der Waals surface area contributed by atoms with Crippen molar-refractivity contribution < 1.29 is 9.47 Å². The fourth-order valence-electron chi connectivity index (χ4n) is 2.28. The number of ether oxygens (including phenoxy) is 2. The minimum absolute atomic E-state index is 0.212. The highest BCUT2D eigenvalue weighted by atomic mass is 35.5. The van der Waals surface area contributed by atoms with E-state index in [4.69, 9.17) is 21.1 Å². The van der Waals surface area contributed by atoms with Gasteiger partial charge in [0.2, 0.25) is 0 Å². The Kier molecular flexibility index (Phi) is 4.69. The van der Waals surface area contributed by atoms with E-state index in [-0.39, 0.29) is 6.10 Å². The number of alkyl halides is 1. The van der Waals surface area contributed by atoms with Gasteiger partial charge in [0.25, 0.3) is 0 Å². The third kappa shape index (κ3) is 3.59. The predicted molar refractivity (Wildman–Crippen MR) is 60.5 cm³/mol. The van der Waals surface area contributed by atoms with Crippen molar-refractivity contribution in [1.82, 2.24) is 4.90 Å². The zero-order chi connectivity index (χ0) is 10.5. The highest BCUT2D eigenvalue weighted by Crippen LogP contribution is 2.15. The second kappa shape index (κ2) is 6.04. The normalized spacial score (nSPS) is 34.2. The van der Waals surface area contributed by atoms with E-state index in [1.54, 1.807) is 0 Å². The first-order chi connectivity index (χ1) is 7.38. The minimum atomic E-state index is 0.212. The summed E-state index contributed by atoms with van der Waals surface area (Å²) in [4.78, 5) is 2.42. The average Bonchev–Trinajstić information content (AvgIpc) is 2.31. The van der Waals surface area contributed by atoms with Crippen LogP contribution in [-0.2, 0) is 9.47 Å². The van der Waals surface area contributed by atoms with Crippen LogP contribution in [-0.4, -0.2) is 55.8 Å². The molecule has 0 aromatic heterocycles. The topological polar surface area (TPSA) is 21.7 Å². The number of hydrogen-bond acceptors (Lipinski definition) is 3.